The Morgan fingerprint density at radius 1 is 1.35 bits per heavy atom. The van der Waals surface area contributed by atoms with Gasteiger partial charge in [-0.3, -0.25) is 4.79 Å². The average Bonchev–Trinajstić information content (AvgIpc) is 3.11. The third-order valence-electron chi connectivity index (χ3n) is 3.39. The maximum absolute atomic E-state index is 13.1. The molecule has 2 heterocycles. The molecule has 104 valence electrons. The molecule has 1 fully saturated rings. The van der Waals surface area contributed by atoms with Gasteiger partial charge < -0.3 is 9.42 Å². The number of hydrogen-bond donors (Lipinski definition) is 0. The molecule has 1 aliphatic heterocycles. The van der Waals surface area contributed by atoms with Gasteiger partial charge in [-0.15, -0.1) is 0 Å². The van der Waals surface area contributed by atoms with Crippen molar-refractivity contribution < 1.29 is 18.1 Å². The van der Waals surface area contributed by atoms with Crippen molar-refractivity contribution in [2.45, 2.75) is 12.3 Å². The molecule has 0 radical (unpaired) electrons. The number of benzene rings is 1. The molecule has 1 aromatic heterocycles. The quantitative estimate of drug-likeness (QED) is 0.843. The molecule has 7 heteroatoms. The Balaban J connectivity index is 1.74. The zero-order valence-electron chi connectivity index (χ0n) is 10.4. The molecule has 20 heavy (non-hydrogen) atoms. The first-order chi connectivity index (χ1) is 9.65. The Hall–Kier alpha value is -2.31. The number of nitrogens with zero attached hydrogens (tertiary/aromatic N) is 3. The van der Waals surface area contributed by atoms with Crippen molar-refractivity contribution in [1.29, 1.82) is 0 Å². The lowest BCUT2D eigenvalue weighted by atomic mass is 10.1. The van der Waals surface area contributed by atoms with Crippen molar-refractivity contribution in [3.8, 4) is 0 Å². The molecule has 0 spiro atoms. The summed E-state index contributed by atoms with van der Waals surface area (Å²) in [5.41, 5.74) is 0.137. The van der Waals surface area contributed by atoms with Crippen LogP contribution in [-0.2, 0) is 0 Å². The van der Waals surface area contributed by atoms with Crippen LogP contribution in [0.1, 0.15) is 28.5 Å². The largest absolute Gasteiger partial charge is 0.343 e. The summed E-state index contributed by atoms with van der Waals surface area (Å²) < 4.78 is 30.7. The van der Waals surface area contributed by atoms with E-state index in [9.17, 15) is 13.6 Å². The summed E-state index contributed by atoms with van der Waals surface area (Å²) in [4.78, 5) is 17.7. The van der Waals surface area contributed by atoms with E-state index in [0.717, 1.165) is 18.6 Å². The molecule has 1 unspecified atom stereocenters. The van der Waals surface area contributed by atoms with Gasteiger partial charge in [-0.1, -0.05) is 5.16 Å². The fourth-order valence-corrected chi connectivity index (χ4v) is 2.33. The molecule has 1 atom stereocenters. The summed E-state index contributed by atoms with van der Waals surface area (Å²) in [5.74, 6) is -1.74. The molecule has 1 amide bonds. The van der Waals surface area contributed by atoms with Crippen molar-refractivity contribution in [2.24, 2.45) is 0 Å². The van der Waals surface area contributed by atoms with Gasteiger partial charge in [-0.25, -0.2) is 8.78 Å². The number of amides is 1. The molecule has 0 N–H and O–H groups in total. The van der Waals surface area contributed by atoms with Gasteiger partial charge in [0.1, 0.15) is 0 Å². The van der Waals surface area contributed by atoms with Crippen LogP contribution in [0, 0.1) is 11.6 Å². The van der Waals surface area contributed by atoms with Crippen LogP contribution < -0.4 is 0 Å². The van der Waals surface area contributed by atoms with E-state index in [4.69, 9.17) is 0 Å². The smallest absolute Gasteiger partial charge is 0.253 e. The predicted octanol–water partition coefficient (Wildman–Crippen LogP) is 1.98. The number of hydrogen-bond acceptors (Lipinski definition) is 4. The predicted molar refractivity (Wildman–Crippen MR) is 63.9 cm³/mol. The standard InChI is InChI=1S/C13H11F2N3O2/c14-10-2-1-8(5-11(10)15)13(19)18-4-3-9(6-18)12-16-7-20-17-12/h1-2,5,7,9H,3-4,6H2. The minimum atomic E-state index is -1.02. The molecule has 5 nitrogen and oxygen atoms in total. The highest BCUT2D eigenvalue weighted by Gasteiger charge is 2.30. The SMILES string of the molecule is O=C(c1ccc(F)c(F)c1)N1CCC(c2ncon2)C1. The monoisotopic (exact) mass is 279 g/mol. The summed E-state index contributed by atoms with van der Waals surface area (Å²) in [6.45, 7) is 0.967. The minimum Gasteiger partial charge on any atom is -0.343 e. The van der Waals surface area contributed by atoms with Crippen molar-refractivity contribution >= 4 is 5.91 Å². The van der Waals surface area contributed by atoms with Crippen molar-refractivity contribution in [3.63, 3.8) is 0 Å². The first-order valence-corrected chi connectivity index (χ1v) is 6.16. The molecule has 1 aromatic carbocycles. The van der Waals surface area contributed by atoms with Gasteiger partial charge in [-0.2, -0.15) is 4.98 Å². The van der Waals surface area contributed by atoms with E-state index < -0.39 is 11.6 Å². The molecule has 3 rings (SSSR count). The maximum Gasteiger partial charge on any atom is 0.253 e. The van der Waals surface area contributed by atoms with E-state index in [1.54, 1.807) is 4.90 Å². The van der Waals surface area contributed by atoms with Gasteiger partial charge in [0.05, 0.1) is 0 Å². The molecule has 1 aliphatic rings. The summed E-state index contributed by atoms with van der Waals surface area (Å²) >= 11 is 0. The number of likely N-dealkylation sites (tertiary alicyclic amines) is 1. The van der Waals surface area contributed by atoms with Crippen LogP contribution in [-0.4, -0.2) is 34.0 Å². The summed E-state index contributed by atoms with van der Waals surface area (Å²) in [7, 11) is 0. The Labute approximate surface area is 113 Å². The highest BCUT2D eigenvalue weighted by Crippen LogP contribution is 2.25. The van der Waals surface area contributed by atoms with Crippen LogP contribution in [0.2, 0.25) is 0 Å². The molecular formula is C13H11F2N3O2. The van der Waals surface area contributed by atoms with Crippen molar-refractivity contribution in [2.75, 3.05) is 13.1 Å². The fourth-order valence-electron chi connectivity index (χ4n) is 2.33. The second-order valence-corrected chi connectivity index (χ2v) is 4.66. The van der Waals surface area contributed by atoms with Crippen LogP contribution in [0.15, 0.2) is 29.1 Å². The summed E-state index contributed by atoms with van der Waals surface area (Å²) in [6, 6.07) is 3.15. The normalized spacial score (nSPS) is 18.5. The minimum absolute atomic E-state index is 0.0167. The van der Waals surface area contributed by atoms with Gasteiger partial charge in [0.2, 0.25) is 6.39 Å². The lowest BCUT2D eigenvalue weighted by Gasteiger charge is -2.16. The second kappa shape index (κ2) is 4.99. The van der Waals surface area contributed by atoms with Gasteiger partial charge in [0.15, 0.2) is 17.5 Å². The Morgan fingerprint density at radius 2 is 2.20 bits per heavy atom. The summed E-state index contributed by atoms with van der Waals surface area (Å²) in [6.07, 6.45) is 1.96. The lowest BCUT2D eigenvalue weighted by molar-refractivity contribution is 0.0790. The first kappa shape index (κ1) is 12.7. The van der Waals surface area contributed by atoms with Crippen LogP contribution >= 0.6 is 0 Å². The second-order valence-electron chi connectivity index (χ2n) is 4.66. The Kier molecular flexibility index (Phi) is 3.17. The molecule has 1 saturated heterocycles. The maximum atomic E-state index is 13.1. The van der Waals surface area contributed by atoms with Crippen LogP contribution in [0.5, 0.6) is 0 Å². The van der Waals surface area contributed by atoms with Crippen molar-refractivity contribution in [3.05, 3.63) is 47.6 Å². The van der Waals surface area contributed by atoms with Gasteiger partial charge in [-0.05, 0) is 24.6 Å². The van der Waals surface area contributed by atoms with Gasteiger partial charge >= 0.3 is 0 Å². The third-order valence-corrected chi connectivity index (χ3v) is 3.39. The van der Waals surface area contributed by atoms with E-state index in [-0.39, 0.29) is 17.4 Å². The number of aromatic nitrogens is 2. The third kappa shape index (κ3) is 2.26. The van der Waals surface area contributed by atoms with Gasteiger partial charge in [0, 0.05) is 24.6 Å². The molecular weight excluding hydrogens is 268 g/mol. The summed E-state index contributed by atoms with van der Waals surface area (Å²) in [5, 5.41) is 3.76. The van der Waals surface area contributed by atoms with E-state index in [1.165, 1.54) is 12.5 Å². The van der Waals surface area contributed by atoms with Crippen molar-refractivity contribution in [1.82, 2.24) is 15.0 Å². The fraction of sp³-hybridized carbons (Fsp3) is 0.308. The average molecular weight is 279 g/mol. The molecule has 0 aliphatic carbocycles. The van der Waals surface area contributed by atoms with Crippen LogP contribution in [0.4, 0.5) is 8.78 Å². The van der Waals surface area contributed by atoms with E-state index in [2.05, 4.69) is 14.7 Å². The zero-order chi connectivity index (χ0) is 14.1. The van der Waals surface area contributed by atoms with Gasteiger partial charge in [0.25, 0.3) is 5.91 Å². The van der Waals surface area contributed by atoms with E-state index >= 15 is 0 Å². The lowest BCUT2D eigenvalue weighted by Crippen LogP contribution is -2.28. The number of rotatable bonds is 2. The highest BCUT2D eigenvalue weighted by molar-refractivity contribution is 5.94. The van der Waals surface area contributed by atoms with Crippen LogP contribution in [0.25, 0.3) is 0 Å². The number of carbonyl (C=O) groups is 1. The van der Waals surface area contributed by atoms with E-state index in [1.807, 2.05) is 0 Å². The highest BCUT2D eigenvalue weighted by atomic mass is 19.2. The zero-order valence-corrected chi connectivity index (χ0v) is 10.4. The topological polar surface area (TPSA) is 59.2 Å². The number of halogens is 2. The molecule has 2 aromatic rings. The Bertz CT molecular complexity index is 631. The van der Waals surface area contributed by atoms with E-state index in [0.29, 0.717) is 18.9 Å². The molecule has 0 saturated carbocycles. The Morgan fingerprint density at radius 3 is 2.90 bits per heavy atom. The molecule has 0 bridgehead atoms. The first-order valence-electron chi connectivity index (χ1n) is 6.16. The van der Waals surface area contributed by atoms with Crippen LogP contribution in [0.3, 0.4) is 0 Å². The number of carbonyl (C=O) groups excluding carboxylic acids is 1.